The molecular weight excluding hydrogens is 486 g/mol. The molecule has 7 nitrogen and oxygen atoms in total. The van der Waals surface area contributed by atoms with E-state index >= 15 is 0 Å². The van der Waals surface area contributed by atoms with Crippen molar-refractivity contribution in [2.24, 2.45) is 0 Å². The lowest BCUT2D eigenvalue weighted by atomic mass is 9.99. The monoisotopic (exact) mass is 535 g/mol. The van der Waals surface area contributed by atoms with Crippen LogP contribution in [0.5, 0.6) is 0 Å². The molecule has 0 heterocycles. The average Bonchev–Trinajstić information content (AvgIpc) is 2.81. The van der Waals surface area contributed by atoms with Gasteiger partial charge in [0.2, 0.25) is 11.8 Å². The summed E-state index contributed by atoms with van der Waals surface area (Å²) in [5.74, 6) is 0.202. The Balaban J connectivity index is 3.45. The molecular formula is C29H49N3O4S. The van der Waals surface area contributed by atoms with Gasteiger partial charge in [0.05, 0.1) is 0 Å². The Morgan fingerprint density at radius 1 is 1.00 bits per heavy atom. The first-order valence-corrected chi connectivity index (χ1v) is 15.0. The van der Waals surface area contributed by atoms with E-state index in [9.17, 15) is 14.4 Å². The van der Waals surface area contributed by atoms with Crippen LogP contribution in [0.1, 0.15) is 97.7 Å². The maximum absolute atomic E-state index is 14.1. The average molecular weight is 536 g/mol. The van der Waals surface area contributed by atoms with Crippen molar-refractivity contribution in [2.75, 3.05) is 18.6 Å². The minimum atomic E-state index is -0.794. The maximum Gasteiger partial charge on any atom is 0.408 e. The topological polar surface area (TPSA) is 87.7 Å². The van der Waals surface area contributed by atoms with Crippen LogP contribution in [-0.4, -0.2) is 59.0 Å². The zero-order valence-electron chi connectivity index (χ0n) is 24.2. The van der Waals surface area contributed by atoms with Crippen LogP contribution in [0.15, 0.2) is 24.3 Å². The van der Waals surface area contributed by atoms with E-state index in [-0.39, 0.29) is 17.9 Å². The van der Waals surface area contributed by atoms with Crippen LogP contribution in [-0.2, 0) is 20.7 Å². The second-order valence-corrected chi connectivity index (χ2v) is 11.7. The number of carbonyl (C=O) groups is 3. The minimum Gasteiger partial charge on any atom is -0.444 e. The lowest BCUT2D eigenvalue weighted by Crippen LogP contribution is -2.54. The van der Waals surface area contributed by atoms with Gasteiger partial charge in [-0.1, -0.05) is 57.4 Å². The first-order valence-electron chi connectivity index (χ1n) is 13.6. The van der Waals surface area contributed by atoms with Crippen LogP contribution in [0.25, 0.3) is 0 Å². The van der Waals surface area contributed by atoms with Gasteiger partial charge in [0.1, 0.15) is 17.7 Å². The molecule has 2 unspecified atom stereocenters. The van der Waals surface area contributed by atoms with E-state index in [0.717, 1.165) is 43.2 Å². The van der Waals surface area contributed by atoms with Gasteiger partial charge in [0.15, 0.2) is 0 Å². The number of unbranched alkanes of at least 4 members (excludes halogenated alkanes) is 3. The third-order valence-corrected chi connectivity index (χ3v) is 6.47. The SMILES string of the molecule is CCCCCCN(C(=O)C(CCSC)NC(=O)OC(C)(C)C)C(C(=O)NC(C)C)c1ccc(CC)cc1. The van der Waals surface area contributed by atoms with Gasteiger partial charge < -0.3 is 20.3 Å². The van der Waals surface area contributed by atoms with Crippen LogP contribution in [0.4, 0.5) is 4.79 Å². The molecule has 1 aromatic carbocycles. The van der Waals surface area contributed by atoms with Crippen LogP contribution >= 0.6 is 11.8 Å². The third-order valence-electron chi connectivity index (χ3n) is 5.83. The summed E-state index contributed by atoms with van der Waals surface area (Å²) in [4.78, 5) is 42.0. The minimum absolute atomic E-state index is 0.0749. The van der Waals surface area contributed by atoms with Crippen LogP contribution in [0.2, 0.25) is 0 Å². The Morgan fingerprint density at radius 3 is 2.16 bits per heavy atom. The molecule has 0 saturated carbocycles. The van der Waals surface area contributed by atoms with Crippen molar-refractivity contribution in [2.45, 2.75) is 111 Å². The molecule has 0 aromatic heterocycles. The number of aryl methyl sites for hydroxylation is 1. The molecule has 1 rings (SSSR count). The van der Waals surface area contributed by atoms with Crippen molar-refractivity contribution < 1.29 is 19.1 Å². The number of ether oxygens (including phenoxy) is 1. The zero-order valence-corrected chi connectivity index (χ0v) is 25.0. The highest BCUT2D eigenvalue weighted by Gasteiger charge is 2.36. The highest BCUT2D eigenvalue weighted by atomic mass is 32.2. The van der Waals surface area contributed by atoms with Crippen molar-refractivity contribution in [1.82, 2.24) is 15.5 Å². The fourth-order valence-corrected chi connectivity index (χ4v) is 4.46. The highest BCUT2D eigenvalue weighted by Crippen LogP contribution is 2.25. The summed E-state index contributed by atoms with van der Waals surface area (Å²) >= 11 is 1.61. The number of alkyl carbamates (subject to hydrolysis) is 1. The number of hydrogen-bond acceptors (Lipinski definition) is 5. The van der Waals surface area contributed by atoms with Gasteiger partial charge in [-0.2, -0.15) is 11.8 Å². The Bertz CT molecular complexity index is 837. The first kappa shape index (κ1) is 32.8. The lowest BCUT2D eigenvalue weighted by molar-refractivity contribution is -0.142. The molecule has 0 radical (unpaired) electrons. The number of rotatable bonds is 15. The Hall–Kier alpha value is -2.22. The van der Waals surface area contributed by atoms with Crippen molar-refractivity contribution in [3.05, 3.63) is 35.4 Å². The van der Waals surface area contributed by atoms with E-state index in [0.29, 0.717) is 18.7 Å². The normalized spacial score (nSPS) is 13.1. The Morgan fingerprint density at radius 2 is 1.65 bits per heavy atom. The number of carbonyl (C=O) groups excluding carboxylic acids is 3. The molecule has 3 amide bonds. The largest absolute Gasteiger partial charge is 0.444 e. The van der Waals surface area contributed by atoms with Gasteiger partial charge in [0.25, 0.3) is 0 Å². The Labute approximate surface area is 228 Å². The summed E-state index contributed by atoms with van der Waals surface area (Å²) in [5.41, 5.74) is 1.25. The number of thioether (sulfide) groups is 1. The second-order valence-electron chi connectivity index (χ2n) is 10.7. The molecule has 0 fully saturated rings. The number of benzene rings is 1. The molecule has 1 aromatic rings. The summed E-state index contributed by atoms with van der Waals surface area (Å²) in [6.45, 7) is 13.8. The fourth-order valence-electron chi connectivity index (χ4n) is 3.99. The van der Waals surface area contributed by atoms with Crippen LogP contribution < -0.4 is 10.6 Å². The highest BCUT2D eigenvalue weighted by molar-refractivity contribution is 7.98. The number of amides is 3. The van der Waals surface area contributed by atoms with Crippen molar-refractivity contribution in [3.8, 4) is 0 Å². The van der Waals surface area contributed by atoms with E-state index in [2.05, 4.69) is 24.5 Å². The van der Waals surface area contributed by atoms with Gasteiger partial charge in [-0.25, -0.2) is 4.79 Å². The van der Waals surface area contributed by atoms with Crippen molar-refractivity contribution in [3.63, 3.8) is 0 Å². The number of nitrogens with zero attached hydrogens (tertiary/aromatic N) is 1. The molecule has 210 valence electrons. The molecule has 0 bridgehead atoms. The van der Waals surface area contributed by atoms with Gasteiger partial charge in [-0.15, -0.1) is 0 Å². The summed E-state index contributed by atoms with van der Waals surface area (Å²) in [6, 6.07) is 6.23. The molecule has 8 heteroatoms. The first-order chi connectivity index (χ1) is 17.4. The summed E-state index contributed by atoms with van der Waals surface area (Å²) in [5, 5.41) is 5.81. The van der Waals surface area contributed by atoms with Crippen molar-refractivity contribution >= 4 is 29.7 Å². The molecule has 0 aliphatic carbocycles. The van der Waals surface area contributed by atoms with E-state index in [4.69, 9.17) is 4.74 Å². The third kappa shape index (κ3) is 12.2. The van der Waals surface area contributed by atoms with E-state index in [1.54, 1.807) is 37.4 Å². The molecule has 37 heavy (non-hydrogen) atoms. The molecule has 0 aliphatic rings. The van der Waals surface area contributed by atoms with E-state index < -0.39 is 23.8 Å². The standard InChI is InChI=1S/C29H49N3O4S/c1-9-11-12-13-19-32(27(34)24(18-20-37-8)31-28(35)36-29(5,6)7)25(26(33)30-21(3)4)23-16-14-22(10-2)15-17-23/h14-17,21,24-25H,9-13,18-20H2,1-8H3,(H,30,33)(H,31,35). The van der Waals surface area contributed by atoms with Gasteiger partial charge >= 0.3 is 6.09 Å². The molecule has 2 atom stereocenters. The predicted octanol–water partition coefficient (Wildman–Crippen LogP) is 5.87. The number of nitrogens with one attached hydrogen (secondary N) is 2. The van der Waals surface area contributed by atoms with E-state index in [1.807, 2.05) is 44.4 Å². The van der Waals surface area contributed by atoms with Gasteiger partial charge in [0, 0.05) is 12.6 Å². The number of hydrogen-bond donors (Lipinski definition) is 2. The smallest absolute Gasteiger partial charge is 0.408 e. The summed E-state index contributed by atoms with van der Waals surface area (Å²) in [7, 11) is 0. The quantitative estimate of drug-likeness (QED) is 0.274. The molecule has 0 aliphatic heterocycles. The molecule has 0 spiro atoms. The van der Waals surface area contributed by atoms with Crippen molar-refractivity contribution in [1.29, 1.82) is 0 Å². The van der Waals surface area contributed by atoms with Gasteiger partial charge in [-0.3, -0.25) is 9.59 Å². The van der Waals surface area contributed by atoms with Crippen LogP contribution in [0.3, 0.4) is 0 Å². The van der Waals surface area contributed by atoms with E-state index in [1.165, 1.54) is 0 Å². The summed E-state index contributed by atoms with van der Waals surface area (Å²) in [6.07, 6.45) is 6.53. The second kappa shape index (κ2) is 16.6. The van der Waals surface area contributed by atoms with Crippen LogP contribution in [0, 0.1) is 0 Å². The molecule has 0 saturated heterocycles. The predicted molar refractivity (Wildman–Crippen MR) is 154 cm³/mol. The fraction of sp³-hybridized carbons (Fsp3) is 0.690. The maximum atomic E-state index is 14.1. The zero-order chi connectivity index (χ0) is 28.0. The lowest BCUT2D eigenvalue weighted by Gasteiger charge is -2.35. The Kier molecular flexibility index (Phi) is 14.7. The molecule has 2 N–H and O–H groups in total. The van der Waals surface area contributed by atoms with Gasteiger partial charge in [-0.05, 0) is 77.0 Å². The summed E-state index contributed by atoms with van der Waals surface area (Å²) < 4.78 is 5.46.